The van der Waals surface area contributed by atoms with E-state index in [-0.39, 0.29) is 35.4 Å². The van der Waals surface area contributed by atoms with Crippen molar-refractivity contribution in [2.24, 2.45) is 5.92 Å². The van der Waals surface area contributed by atoms with Gasteiger partial charge in [0.1, 0.15) is 11.5 Å². The molecule has 1 aromatic carbocycles. The fraction of sp³-hybridized carbons (Fsp3) is 0.421. The highest BCUT2D eigenvalue weighted by molar-refractivity contribution is 5.92. The van der Waals surface area contributed by atoms with Gasteiger partial charge in [-0.05, 0) is 37.8 Å². The van der Waals surface area contributed by atoms with E-state index in [1.807, 2.05) is 4.90 Å². The molecule has 0 radical (unpaired) electrons. The van der Waals surface area contributed by atoms with Crippen LogP contribution in [0.4, 0.5) is 4.39 Å². The number of halogens is 1. The molecule has 1 aliphatic heterocycles. The van der Waals surface area contributed by atoms with E-state index in [9.17, 15) is 14.0 Å². The largest absolute Gasteiger partial charge is 0.350 e. The minimum atomic E-state index is -0.371. The highest BCUT2D eigenvalue weighted by Crippen LogP contribution is 2.32. The van der Waals surface area contributed by atoms with Crippen molar-refractivity contribution in [2.45, 2.75) is 31.7 Å². The number of hydrogen-bond acceptors (Lipinski definition) is 4. The van der Waals surface area contributed by atoms with Gasteiger partial charge in [-0.3, -0.25) is 9.59 Å². The second-order valence-electron chi connectivity index (χ2n) is 6.93. The van der Waals surface area contributed by atoms with Crippen molar-refractivity contribution in [3.05, 3.63) is 41.9 Å². The summed E-state index contributed by atoms with van der Waals surface area (Å²) in [7, 11) is 0. The van der Waals surface area contributed by atoms with Gasteiger partial charge in [0, 0.05) is 36.7 Å². The molecule has 2 amide bonds. The molecule has 1 saturated carbocycles. The molecule has 136 valence electrons. The van der Waals surface area contributed by atoms with Crippen LogP contribution in [-0.4, -0.2) is 41.0 Å². The van der Waals surface area contributed by atoms with E-state index in [0.717, 1.165) is 25.7 Å². The molecule has 0 spiro atoms. The van der Waals surface area contributed by atoms with Gasteiger partial charge in [0.05, 0.1) is 0 Å². The van der Waals surface area contributed by atoms with E-state index < -0.39 is 0 Å². The summed E-state index contributed by atoms with van der Waals surface area (Å²) in [5, 5.41) is 6.78. The van der Waals surface area contributed by atoms with E-state index in [2.05, 4.69) is 10.5 Å². The molecule has 26 heavy (non-hydrogen) atoms. The standard InChI is InChI=1S/C19H20FN3O3/c20-14-3-1-2-13(10-14)16-11-17(26-22-16)18(24)21-15-6-8-23(9-7-15)19(25)12-4-5-12/h1-3,10-12,15H,4-9H2,(H,21,24). The monoisotopic (exact) mass is 357 g/mol. The van der Waals surface area contributed by atoms with Crippen molar-refractivity contribution in [3.63, 3.8) is 0 Å². The van der Waals surface area contributed by atoms with Crippen molar-refractivity contribution < 1.29 is 18.5 Å². The van der Waals surface area contributed by atoms with E-state index >= 15 is 0 Å². The number of nitrogens with one attached hydrogen (secondary N) is 1. The first-order chi connectivity index (χ1) is 12.6. The number of benzene rings is 1. The zero-order valence-corrected chi connectivity index (χ0v) is 14.3. The number of piperidine rings is 1. The lowest BCUT2D eigenvalue weighted by Crippen LogP contribution is -2.46. The fourth-order valence-corrected chi connectivity index (χ4v) is 3.26. The second-order valence-corrected chi connectivity index (χ2v) is 6.93. The van der Waals surface area contributed by atoms with Gasteiger partial charge in [0.15, 0.2) is 0 Å². The quantitative estimate of drug-likeness (QED) is 0.913. The van der Waals surface area contributed by atoms with E-state index in [4.69, 9.17) is 4.52 Å². The number of likely N-dealkylation sites (tertiary alicyclic amines) is 1. The number of aromatic nitrogens is 1. The average Bonchev–Trinajstić information content (AvgIpc) is 3.38. The molecule has 7 heteroatoms. The van der Waals surface area contributed by atoms with Crippen molar-refractivity contribution in [1.29, 1.82) is 0 Å². The molecule has 2 aromatic rings. The second kappa shape index (κ2) is 6.90. The van der Waals surface area contributed by atoms with Crippen LogP contribution in [0.25, 0.3) is 11.3 Å². The number of rotatable bonds is 4. The lowest BCUT2D eigenvalue weighted by Gasteiger charge is -2.32. The summed E-state index contributed by atoms with van der Waals surface area (Å²) >= 11 is 0. The van der Waals surface area contributed by atoms with Crippen LogP contribution in [0.2, 0.25) is 0 Å². The first-order valence-electron chi connectivity index (χ1n) is 8.92. The number of amides is 2. The minimum Gasteiger partial charge on any atom is -0.350 e. The van der Waals surface area contributed by atoms with Crippen LogP contribution in [-0.2, 0) is 4.79 Å². The molecule has 1 aromatic heterocycles. The molecular weight excluding hydrogens is 337 g/mol. The SMILES string of the molecule is O=C(NC1CCN(C(=O)C2CC2)CC1)c1cc(-c2cccc(F)c2)no1. The number of carbonyl (C=O) groups excluding carboxylic acids is 2. The Balaban J connectivity index is 1.33. The van der Waals surface area contributed by atoms with Crippen LogP contribution >= 0.6 is 0 Å². The molecule has 0 atom stereocenters. The molecule has 6 nitrogen and oxygen atoms in total. The summed E-state index contributed by atoms with van der Waals surface area (Å²) in [6, 6.07) is 7.48. The Labute approximate surface area is 150 Å². The van der Waals surface area contributed by atoms with Gasteiger partial charge < -0.3 is 14.7 Å². The Morgan fingerprint density at radius 2 is 1.92 bits per heavy atom. The number of nitrogens with zero attached hydrogens (tertiary/aromatic N) is 2. The summed E-state index contributed by atoms with van der Waals surface area (Å²) in [5.41, 5.74) is 0.971. The Morgan fingerprint density at radius 1 is 1.15 bits per heavy atom. The molecule has 4 rings (SSSR count). The van der Waals surface area contributed by atoms with Gasteiger partial charge in [-0.1, -0.05) is 17.3 Å². The van der Waals surface area contributed by atoms with Crippen molar-refractivity contribution in [2.75, 3.05) is 13.1 Å². The predicted octanol–water partition coefficient (Wildman–Crippen LogP) is 2.61. The van der Waals surface area contributed by atoms with Gasteiger partial charge in [-0.25, -0.2) is 4.39 Å². The van der Waals surface area contributed by atoms with Gasteiger partial charge in [0.2, 0.25) is 11.7 Å². The van der Waals surface area contributed by atoms with Gasteiger partial charge in [0.25, 0.3) is 5.91 Å². The summed E-state index contributed by atoms with van der Waals surface area (Å²) in [4.78, 5) is 26.3. The maximum absolute atomic E-state index is 13.3. The van der Waals surface area contributed by atoms with Crippen LogP contribution in [0.15, 0.2) is 34.9 Å². The summed E-state index contributed by atoms with van der Waals surface area (Å²) < 4.78 is 18.4. The molecule has 1 aliphatic carbocycles. The molecule has 2 aliphatic rings. The van der Waals surface area contributed by atoms with Gasteiger partial charge >= 0.3 is 0 Å². The zero-order chi connectivity index (χ0) is 18.1. The molecule has 1 saturated heterocycles. The maximum atomic E-state index is 13.3. The van der Waals surface area contributed by atoms with E-state index in [1.165, 1.54) is 18.2 Å². The van der Waals surface area contributed by atoms with Crippen molar-refractivity contribution >= 4 is 11.8 Å². The van der Waals surface area contributed by atoms with E-state index in [1.54, 1.807) is 12.1 Å². The Kier molecular flexibility index (Phi) is 4.44. The Morgan fingerprint density at radius 3 is 2.62 bits per heavy atom. The Bertz CT molecular complexity index is 823. The third kappa shape index (κ3) is 3.61. The topological polar surface area (TPSA) is 75.4 Å². The normalized spacial score (nSPS) is 18.0. The van der Waals surface area contributed by atoms with Gasteiger partial charge in [-0.2, -0.15) is 0 Å². The van der Waals surface area contributed by atoms with Gasteiger partial charge in [-0.15, -0.1) is 0 Å². The van der Waals surface area contributed by atoms with Crippen molar-refractivity contribution in [1.82, 2.24) is 15.4 Å². The average molecular weight is 357 g/mol. The molecule has 0 bridgehead atoms. The van der Waals surface area contributed by atoms with Crippen LogP contribution in [0.3, 0.4) is 0 Å². The predicted molar refractivity (Wildman–Crippen MR) is 91.7 cm³/mol. The molecule has 2 heterocycles. The highest BCUT2D eigenvalue weighted by atomic mass is 19.1. The molecule has 2 fully saturated rings. The molecule has 0 unspecified atom stereocenters. The van der Waals surface area contributed by atoms with Crippen LogP contribution < -0.4 is 5.32 Å². The third-order valence-electron chi connectivity index (χ3n) is 4.92. The summed E-state index contributed by atoms with van der Waals surface area (Å²) in [5.74, 6) is -0.127. The summed E-state index contributed by atoms with van der Waals surface area (Å²) in [6.45, 7) is 1.34. The van der Waals surface area contributed by atoms with Crippen LogP contribution in [0.1, 0.15) is 36.2 Å². The number of hydrogen-bond donors (Lipinski definition) is 1. The summed E-state index contributed by atoms with van der Waals surface area (Å²) in [6.07, 6.45) is 3.48. The lowest BCUT2D eigenvalue weighted by molar-refractivity contribution is -0.133. The molecular formula is C19H20FN3O3. The molecule has 1 N–H and O–H groups in total. The zero-order valence-electron chi connectivity index (χ0n) is 14.3. The third-order valence-corrected chi connectivity index (χ3v) is 4.92. The maximum Gasteiger partial charge on any atom is 0.290 e. The first kappa shape index (κ1) is 16.8. The van der Waals surface area contributed by atoms with Crippen LogP contribution in [0.5, 0.6) is 0 Å². The number of carbonyl (C=O) groups is 2. The minimum absolute atomic E-state index is 0.00785. The highest BCUT2D eigenvalue weighted by Gasteiger charge is 2.35. The smallest absolute Gasteiger partial charge is 0.290 e. The van der Waals surface area contributed by atoms with Crippen molar-refractivity contribution in [3.8, 4) is 11.3 Å². The fourth-order valence-electron chi connectivity index (χ4n) is 3.26. The first-order valence-corrected chi connectivity index (χ1v) is 8.92. The van der Waals surface area contributed by atoms with Crippen LogP contribution in [0, 0.1) is 11.7 Å². The Hall–Kier alpha value is -2.70. The van der Waals surface area contributed by atoms with E-state index in [0.29, 0.717) is 24.3 Å². The lowest BCUT2D eigenvalue weighted by atomic mass is 10.0.